The Morgan fingerprint density at radius 3 is 2.70 bits per heavy atom. The Labute approximate surface area is 131 Å². The molecule has 8 nitrogen and oxygen atoms in total. The Morgan fingerprint density at radius 2 is 1.91 bits per heavy atom. The highest BCUT2D eigenvalue weighted by atomic mass is 16.5. The average molecular weight is 319 g/mol. The van der Waals surface area contributed by atoms with Crippen LogP contribution in [0.15, 0.2) is 27.4 Å². The number of nitrogens with zero attached hydrogens (tertiary/aromatic N) is 2. The molecule has 2 aromatic rings. The zero-order valence-corrected chi connectivity index (χ0v) is 12.7. The van der Waals surface area contributed by atoms with E-state index in [0.717, 1.165) is 0 Å². The molecule has 122 valence electrons. The van der Waals surface area contributed by atoms with E-state index in [2.05, 4.69) is 4.98 Å². The molecule has 2 amide bonds. The van der Waals surface area contributed by atoms with Crippen molar-refractivity contribution in [3.05, 3.63) is 34.3 Å². The predicted molar refractivity (Wildman–Crippen MR) is 81.3 cm³/mol. The molecule has 1 saturated heterocycles. The van der Waals surface area contributed by atoms with E-state index < -0.39 is 5.76 Å². The van der Waals surface area contributed by atoms with Gasteiger partial charge < -0.3 is 19.0 Å². The van der Waals surface area contributed by atoms with Crippen molar-refractivity contribution in [2.75, 3.05) is 33.3 Å². The van der Waals surface area contributed by atoms with Gasteiger partial charge in [-0.25, -0.2) is 9.59 Å². The summed E-state index contributed by atoms with van der Waals surface area (Å²) in [5.41, 5.74) is 1.38. The number of H-pyrrole nitrogens is 1. The first kappa shape index (κ1) is 15.1. The number of fused-ring (bicyclic) bond motifs is 1. The number of carbonyl (C=O) groups excluding carboxylic acids is 2. The molecule has 1 aromatic carbocycles. The highest BCUT2D eigenvalue weighted by molar-refractivity contribution is 5.97. The Hall–Kier alpha value is -2.77. The molecule has 2 heterocycles. The van der Waals surface area contributed by atoms with Gasteiger partial charge in [-0.05, 0) is 24.6 Å². The van der Waals surface area contributed by atoms with Gasteiger partial charge in [-0.15, -0.1) is 0 Å². The zero-order valence-electron chi connectivity index (χ0n) is 12.7. The first-order valence-corrected chi connectivity index (χ1v) is 7.33. The van der Waals surface area contributed by atoms with Crippen LogP contribution in [0.2, 0.25) is 0 Å². The van der Waals surface area contributed by atoms with Crippen molar-refractivity contribution in [3.63, 3.8) is 0 Å². The number of aromatic amines is 1. The second kappa shape index (κ2) is 6.15. The lowest BCUT2D eigenvalue weighted by Crippen LogP contribution is -2.37. The smallest absolute Gasteiger partial charge is 0.417 e. The maximum absolute atomic E-state index is 12.6. The number of oxazole rings is 1. The maximum Gasteiger partial charge on any atom is 0.417 e. The van der Waals surface area contributed by atoms with Crippen LogP contribution in [0.1, 0.15) is 16.8 Å². The van der Waals surface area contributed by atoms with E-state index in [4.69, 9.17) is 9.15 Å². The molecule has 0 saturated carbocycles. The summed E-state index contributed by atoms with van der Waals surface area (Å²) in [6.45, 7) is 1.99. The molecule has 0 radical (unpaired) electrons. The molecule has 1 aliphatic heterocycles. The number of benzene rings is 1. The number of nitrogens with one attached hydrogen (secondary N) is 1. The molecular formula is C15H17N3O5. The van der Waals surface area contributed by atoms with Crippen molar-refractivity contribution in [1.82, 2.24) is 14.8 Å². The number of aromatic nitrogens is 1. The van der Waals surface area contributed by atoms with Crippen LogP contribution in [0, 0.1) is 0 Å². The molecule has 1 aliphatic rings. The van der Waals surface area contributed by atoms with Crippen LogP contribution >= 0.6 is 0 Å². The number of carbonyl (C=O) groups is 2. The van der Waals surface area contributed by atoms with Crippen LogP contribution in [0.4, 0.5) is 4.79 Å². The highest BCUT2D eigenvalue weighted by Gasteiger charge is 2.23. The lowest BCUT2D eigenvalue weighted by Gasteiger charge is -2.21. The van der Waals surface area contributed by atoms with Gasteiger partial charge in [0.2, 0.25) is 0 Å². The van der Waals surface area contributed by atoms with Crippen molar-refractivity contribution in [2.24, 2.45) is 0 Å². The minimum absolute atomic E-state index is 0.138. The van der Waals surface area contributed by atoms with Gasteiger partial charge in [0, 0.05) is 31.7 Å². The molecule has 0 spiro atoms. The summed E-state index contributed by atoms with van der Waals surface area (Å²) in [6.07, 6.45) is 0.308. The fourth-order valence-corrected chi connectivity index (χ4v) is 2.70. The van der Waals surface area contributed by atoms with Gasteiger partial charge in [0.15, 0.2) is 5.58 Å². The third kappa shape index (κ3) is 3.05. The normalized spacial score (nSPS) is 15.5. The molecule has 0 unspecified atom stereocenters. The molecule has 1 aromatic heterocycles. The van der Waals surface area contributed by atoms with Gasteiger partial charge in [0.05, 0.1) is 12.6 Å². The van der Waals surface area contributed by atoms with Gasteiger partial charge in [-0.2, -0.15) is 0 Å². The van der Waals surface area contributed by atoms with Crippen molar-refractivity contribution in [1.29, 1.82) is 0 Å². The van der Waals surface area contributed by atoms with Crippen LogP contribution in [0.5, 0.6) is 0 Å². The first-order valence-electron chi connectivity index (χ1n) is 7.33. The van der Waals surface area contributed by atoms with E-state index in [9.17, 15) is 14.4 Å². The van der Waals surface area contributed by atoms with Gasteiger partial charge in [-0.1, -0.05) is 0 Å². The zero-order chi connectivity index (χ0) is 16.4. The fraction of sp³-hybridized carbons (Fsp3) is 0.400. The number of ether oxygens (including phenoxy) is 1. The topological polar surface area (TPSA) is 95.8 Å². The SMILES string of the molecule is COC(=O)N1CCCN(C(=O)c2ccc3oc(=O)[nH]c3c2)CC1. The number of rotatable bonds is 1. The summed E-state index contributed by atoms with van der Waals surface area (Å²) >= 11 is 0. The van der Waals surface area contributed by atoms with Crippen LogP contribution in [-0.4, -0.2) is 60.1 Å². The first-order chi connectivity index (χ1) is 11.1. The largest absolute Gasteiger partial charge is 0.453 e. The van der Waals surface area contributed by atoms with Gasteiger partial charge in [0.1, 0.15) is 0 Å². The van der Waals surface area contributed by atoms with E-state index in [1.54, 1.807) is 28.0 Å². The summed E-state index contributed by atoms with van der Waals surface area (Å²) in [5, 5.41) is 0. The number of hydrogen-bond donors (Lipinski definition) is 1. The standard InChI is InChI=1S/C15H17N3O5/c1-22-15(21)18-6-2-5-17(7-8-18)13(19)10-3-4-12-11(9-10)16-14(20)23-12/h3-4,9H,2,5-8H2,1H3,(H,16,20). The van der Waals surface area contributed by atoms with Crippen molar-refractivity contribution >= 4 is 23.1 Å². The van der Waals surface area contributed by atoms with Crippen LogP contribution in [0.25, 0.3) is 11.1 Å². The molecule has 23 heavy (non-hydrogen) atoms. The Kier molecular flexibility index (Phi) is 4.05. The van der Waals surface area contributed by atoms with E-state index in [1.807, 2.05) is 0 Å². The van der Waals surface area contributed by atoms with Crippen molar-refractivity contribution in [2.45, 2.75) is 6.42 Å². The third-order valence-corrected chi connectivity index (χ3v) is 3.88. The van der Waals surface area contributed by atoms with Crippen LogP contribution in [0.3, 0.4) is 0 Å². The quantitative estimate of drug-likeness (QED) is 0.847. The van der Waals surface area contributed by atoms with Crippen LogP contribution in [-0.2, 0) is 4.74 Å². The summed E-state index contributed by atoms with van der Waals surface area (Å²) in [6, 6.07) is 4.83. The molecule has 1 fully saturated rings. The van der Waals surface area contributed by atoms with E-state index in [-0.39, 0.29) is 12.0 Å². The predicted octanol–water partition coefficient (Wildman–Crippen LogP) is 1.04. The molecule has 0 bridgehead atoms. The Morgan fingerprint density at radius 1 is 1.17 bits per heavy atom. The van der Waals surface area contributed by atoms with E-state index in [0.29, 0.717) is 49.3 Å². The number of methoxy groups -OCH3 is 1. The highest BCUT2D eigenvalue weighted by Crippen LogP contribution is 2.15. The van der Waals surface area contributed by atoms with Gasteiger partial charge in [0.25, 0.3) is 5.91 Å². The average Bonchev–Trinajstić information content (AvgIpc) is 2.77. The summed E-state index contributed by atoms with van der Waals surface area (Å²) in [5.74, 6) is -0.686. The molecule has 8 heteroatoms. The third-order valence-electron chi connectivity index (χ3n) is 3.88. The second-order valence-corrected chi connectivity index (χ2v) is 5.33. The second-order valence-electron chi connectivity index (χ2n) is 5.33. The molecule has 0 aliphatic carbocycles. The maximum atomic E-state index is 12.6. The van der Waals surface area contributed by atoms with E-state index in [1.165, 1.54) is 7.11 Å². The lowest BCUT2D eigenvalue weighted by atomic mass is 10.1. The van der Waals surface area contributed by atoms with Gasteiger partial charge in [-0.3, -0.25) is 9.78 Å². The van der Waals surface area contributed by atoms with Crippen molar-refractivity contribution < 1.29 is 18.7 Å². The molecule has 0 atom stereocenters. The minimum Gasteiger partial charge on any atom is -0.453 e. The number of amides is 2. The molecule has 3 rings (SSSR count). The molecular weight excluding hydrogens is 302 g/mol. The van der Waals surface area contributed by atoms with Crippen molar-refractivity contribution in [3.8, 4) is 0 Å². The number of hydrogen-bond acceptors (Lipinski definition) is 5. The Balaban J connectivity index is 1.76. The summed E-state index contributed by atoms with van der Waals surface area (Å²) in [7, 11) is 1.34. The monoisotopic (exact) mass is 319 g/mol. The Bertz CT molecular complexity index is 794. The van der Waals surface area contributed by atoms with E-state index >= 15 is 0 Å². The molecule has 1 N–H and O–H groups in total. The minimum atomic E-state index is -0.548. The summed E-state index contributed by atoms with van der Waals surface area (Å²) in [4.78, 5) is 41.2. The summed E-state index contributed by atoms with van der Waals surface area (Å²) < 4.78 is 9.64. The van der Waals surface area contributed by atoms with Crippen LogP contribution < -0.4 is 5.76 Å². The van der Waals surface area contributed by atoms with Gasteiger partial charge >= 0.3 is 11.8 Å². The fourth-order valence-electron chi connectivity index (χ4n) is 2.70. The lowest BCUT2D eigenvalue weighted by molar-refractivity contribution is 0.0757.